The van der Waals surface area contributed by atoms with Crippen LogP contribution in [0.3, 0.4) is 0 Å². The van der Waals surface area contributed by atoms with Gasteiger partial charge in [-0.25, -0.2) is 0 Å². The van der Waals surface area contributed by atoms with Crippen LogP contribution in [-0.2, 0) is 20.8 Å². The summed E-state index contributed by atoms with van der Waals surface area (Å²) in [6, 6.07) is 7.10. The Morgan fingerprint density at radius 2 is 2.11 bits per heavy atom. The zero-order valence-corrected chi connectivity index (χ0v) is 10.8. The molecule has 1 aliphatic rings. The van der Waals surface area contributed by atoms with Crippen molar-refractivity contribution in [2.75, 3.05) is 11.9 Å². The van der Waals surface area contributed by atoms with Gasteiger partial charge in [-0.2, -0.15) is 0 Å². The Balaban J connectivity index is 2.23. The van der Waals surface area contributed by atoms with Gasteiger partial charge in [0.1, 0.15) is 12.3 Å². The number of hydrogen-bond donors (Lipinski definition) is 1. The third kappa shape index (κ3) is 2.81. The summed E-state index contributed by atoms with van der Waals surface area (Å²) in [5.41, 5.74) is 1.73. The minimum Gasteiger partial charge on any atom is -0.362 e. The zero-order valence-electron chi connectivity index (χ0n) is 10.8. The van der Waals surface area contributed by atoms with Crippen molar-refractivity contribution in [3.05, 3.63) is 29.8 Å². The van der Waals surface area contributed by atoms with Crippen LogP contribution in [0.4, 0.5) is 5.69 Å². The maximum Gasteiger partial charge on any atom is 0.249 e. The van der Waals surface area contributed by atoms with Gasteiger partial charge in [-0.05, 0) is 18.1 Å². The molecule has 0 spiro atoms. The number of hydrogen-bond acceptors (Lipinski definition) is 4. The number of amides is 2. The zero-order chi connectivity index (χ0) is 13.8. The van der Waals surface area contributed by atoms with Crippen molar-refractivity contribution in [3.8, 4) is 0 Å². The molecule has 1 saturated heterocycles. The molecule has 1 atom stereocenters. The number of nitrogens with one attached hydrogen (secondary N) is 1. The molecule has 5 nitrogen and oxygen atoms in total. The molecule has 1 unspecified atom stereocenters. The molecule has 1 aliphatic heterocycles. The van der Waals surface area contributed by atoms with Gasteiger partial charge in [0, 0.05) is 25.6 Å². The first-order valence-corrected chi connectivity index (χ1v) is 6.21. The normalized spacial score (nSPS) is 18.9. The van der Waals surface area contributed by atoms with Crippen molar-refractivity contribution in [1.82, 2.24) is 5.32 Å². The Kier molecular flexibility index (Phi) is 3.94. The molecule has 0 radical (unpaired) electrons. The van der Waals surface area contributed by atoms with E-state index in [9.17, 15) is 14.4 Å². The van der Waals surface area contributed by atoms with Gasteiger partial charge in [0.25, 0.3) is 0 Å². The third-order valence-corrected chi connectivity index (χ3v) is 3.35. The number of nitrogens with zero attached hydrogens (tertiary/aromatic N) is 1. The SMILES string of the molecule is CN(c1ccccc1CC=O)C1CCC(=O)NC1=O. The Bertz CT molecular complexity index is 513. The van der Waals surface area contributed by atoms with Crippen LogP contribution in [-0.4, -0.2) is 31.2 Å². The Hall–Kier alpha value is -2.17. The molecule has 1 fully saturated rings. The molecule has 2 rings (SSSR count). The van der Waals surface area contributed by atoms with Crippen LogP contribution >= 0.6 is 0 Å². The molecule has 1 heterocycles. The molecule has 100 valence electrons. The van der Waals surface area contributed by atoms with Crippen molar-refractivity contribution < 1.29 is 14.4 Å². The Morgan fingerprint density at radius 1 is 1.37 bits per heavy atom. The highest BCUT2D eigenvalue weighted by molar-refractivity contribution is 6.01. The van der Waals surface area contributed by atoms with E-state index >= 15 is 0 Å². The number of para-hydroxylation sites is 1. The molecule has 0 bridgehead atoms. The number of likely N-dealkylation sites (N-methyl/N-ethyl adjacent to an activating group) is 1. The fourth-order valence-corrected chi connectivity index (χ4v) is 2.34. The molecule has 1 N–H and O–H groups in total. The monoisotopic (exact) mass is 260 g/mol. The molecule has 1 aromatic carbocycles. The number of aldehydes is 1. The smallest absolute Gasteiger partial charge is 0.249 e. The van der Waals surface area contributed by atoms with Crippen LogP contribution in [0, 0.1) is 0 Å². The Morgan fingerprint density at radius 3 is 2.79 bits per heavy atom. The van der Waals surface area contributed by atoms with Crippen LogP contribution in [0.2, 0.25) is 0 Å². The van der Waals surface area contributed by atoms with E-state index in [2.05, 4.69) is 5.32 Å². The third-order valence-electron chi connectivity index (χ3n) is 3.35. The van der Waals surface area contributed by atoms with E-state index in [1.54, 1.807) is 0 Å². The van der Waals surface area contributed by atoms with Crippen LogP contribution in [0.1, 0.15) is 18.4 Å². The number of anilines is 1. The van der Waals surface area contributed by atoms with E-state index < -0.39 is 0 Å². The summed E-state index contributed by atoms with van der Waals surface area (Å²) in [4.78, 5) is 35.5. The van der Waals surface area contributed by atoms with Gasteiger partial charge in [0.2, 0.25) is 11.8 Å². The molecule has 2 amide bonds. The van der Waals surface area contributed by atoms with E-state index in [-0.39, 0.29) is 17.9 Å². The van der Waals surface area contributed by atoms with Crippen molar-refractivity contribution in [2.45, 2.75) is 25.3 Å². The van der Waals surface area contributed by atoms with Crippen molar-refractivity contribution in [2.24, 2.45) is 0 Å². The summed E-state index contributed by atoms with van der Waals surface area (Å²) in [7, 11) is 1.81. The average molecular weight is 260 g/mol. The molecule has 5 heteroatoms. The molecular weight excluding hydrogens is 244 g/mol. The molecule has 0 saturated carbocycles. The van der Waals surface area contributed by atoms with Gasteiger partial charge in [-0.3, -0.25) is 14.9 Å². The summed E-state index contributed by atoms with van der Waals surface area (Å²) < 4.78 is 0. The first-order valence-electron chi connectivity index (χ1n) is 6.21. The van der Waals surface area contributed by atoms with Crippen LogP contribution < -0.4 is 10.2 Å². The summed E-state index contributed by atoms with van der Waals surface area (Å²) in [6.07, 6.45) is 2.00. The lowest BCUT2D eigenvalue weighted by molar-refractivity contribution is -0.134. The van der Waals surface area contributed by atoms with E-state index in [1.165, 1.54) is 0 Å². The van der Waals surface area contributed by atoms with Gasteiger partial charge in [-0.1, -0.05) is 18.2 Å². The fraction of sp³-hybridized carbons (Fsp3) is 0.357. The lowest BCUT2D eigenvalue weighted by Crippen LogP contribution is -2.51. The lowest BCUT2D eigenvalue weighted by atomic mass is 10.0. The van der Waals surface area contributed by atoms with Gasteiger partial charge in [0.15, 0.2) is 0 Å². The van der Waals surface area contributed by atoms with E-state index in [0.29, 0.717) is 19.3 Å². The van der Waals surface area contributed by atoms with Crippen molar-refractivity contribution >= 4 is 23.8 Å². The predicted molar refractivity (Wildman–Crippen MR) is 70.8 cm³/mol. The second-order valence-corrected chi connectivity index (χ2v) is 4.58. The minimum atomic E-state index is -0.370. The van der Waals surface area contributed by atoms with E-state index in [4.69, 9.17) is 0 Å². The molecule has 1 aromatic rings. The first kappa shape index (κ1) is 13.3. The number of benzene rings is 1. The summed E-state index contributed by atoms with van der Waals surface area (Å²) in [6.45, 7) is 0. The highest BCUT2D eigenvalue weighted by Crippen LogP contribution is 2.24. The molecule has 0 aliphatic carbocycles. The number of carbonyl (C=O) groups excluding carboxylic acids is 3. The van der Waals surface area contributed by atoms with E-state index in [0.717, 1.165) is 17.5 Å². The maximum atomic E-state index is 11.8. The van der Waals surface area contributed by atoms with E-state index in [1.807, 2.05) is 36.2 Å². The number of piperidine rings is 1. The highest BCUT2D eigenvalue weighted by Gasteiger charge is 2.30. The van der Waals surface area contributed by atoms with Gasteiger partial charge in [-0.15, -0.1) is 0 Å². The maximum absolute atomic E-state index is 11.8. The Labute approximate surface area is 111 Å². The van der Waals surface area contributed by atoms with Crippen LogP contribution in [0.5, 0.6) is 0 Å². The number of imide groups is 1. The number of carbonyl (C=O) groups is 3. The van der Waals surface area contributed by atoms with Crippen molar-refractivity contribution in [1.29, 1.82) is 0 Å². The van der Waals surface area contributed by atoms with Gasteiger partial charge >= 0.3 is 0 Å². The first-order chi connectivity index (χ1) is 9.13. The number of rotatable bonds is 4. The lowest BCUT2D eigenvalue weighted by Gasteiger charge is -2.32. The highest BCUT2D eigenvalue weighted by atomic mass is 16.2. The second-order valence-electron chi connectivity index (χ2n) is 4.58. The van der Waals surface area contributed by atoms with Crippen LogP contribution in [0.25, 0.3) is 0 Å². The van der Waals surface area contributed by atoms with Gasteiger partial charge < -0.3 is 9.69 Å². The second kappa shape index (κ2) is 5.65. The average Bonchev–Trinajstić information content (AvgIpc) is 2.39. The summed E-state index contributed by atoms with van der Waals surface area (Å²) >= 11 is 0. The topological polar surface area (TPSA) is 66.5 Å². The summed E-state index contributed by atoms with van der Waals surface area (Å²) in [5.74, 6) is -0.504. The fourth-order valence-electron chi connectivity index (χ4n) is 2.34. The largest absolute Gasteiger partial charge is 0.362 e. The molecular formula is C14H16N2O3. The quantitative estimate of drug-likeness (QED) is 0.638. The van der Waals surface area contributed by atoms with Gasteiger partial charge in [0.05, 0.1) is 0 Å². The predicted octanol–water partition coefficient (Wildman–Crippen LogP) is 0.669. The summed E-state index contributed by atoms with van der Waals surface area (Å²) in [5, 5.41) is 2.34. The van der Waals surface area contributed by atoms with Crippen molar-refractivity contribution in [3.63, 3.8) is 0 Å². The molecule has 0 aromatic heterocycles. The van der Waals surface area contributed by atoms with Crippen LogP contribution in [0.15, 0.2) is 24.3 Å². The minimum absolute atomic E-state index is 0.226. The molecule has 19 heavy (non-hydrogen) atoms. The standard InChI is InChI=1S/C14H16N2O3/c1-16(12-6-7-13(18)15-14(12)19)11-5-3-2-4-10(11)8-9-17/h2-5,9,12H,6-8H2,1H3,(H,15,18,19).